The molecular formula is C16H21N3O4. The number of nitrogens with one attached hydrogen (secondary N) is 2. The van der Waals surface area contributed by atoms with Gasteiger partial charge in [0, 0.05) is 24.2 Å². The van der Waals surface area contributed by atoms with Crippen molar-refractivity contribution < 1.29 is 19.1 Å². The molecule has 0 saturated carbocycles. The van der Waals surface area contributed by atoms with Crippen molar-refractivity contribution in [3.63, 3.8) is 0 Å². The lowest BCUT2D eigenvalue weighted by atomic mass is 10.2. The molecule has 0 aromatic heterocycles. The number of hydrogen-bond donors (Lipinski definition) is 2. The Morgan fingerprint density at radius 3 is 2.39 bits per heavy atom. The molecule has 0 unspecified atom stereocenters. The Bertz CT molecular complexity index is 570. The molecule has 0 aliphatic carbocycles. The zero-order valence-electron chi connectivity index (χ0n) is 13.3. The maximum absolute atomic E-state index is 11.7. The molecule has 1 aromatic rings. The van der Waals surface area contributed by atoms with Crippen LogP contribution >= 0.6 is 0 Å². The number of hydrazone groups is 1. The van der Waals surface area contributed by atoms with Crippen LogP contribution in [0.2, 0.25) is 0 Å². The second kappa shape index (κ2) is 10.1. The van der Waals surface area contributed by atoms with Crippen molar-refractivity contribution in [3.05, 3.63) is 30.3 Å². The molecule has 0 atom stereocenters. The van der Waals surface area contributed by atoms with Crippen LogP contribution in [0.25, 0.3) is 0 Å². The minimum absolute atomic E-state index is 0.00878. The van der Waals surface area contributed by atoms with E-state index < -0.39 is 11.9 Å². The monoisotopic (exact) mass is 319 g/mol. The number of carbonyl (C=O) groups excluding carboxylic acids is 3. The highest BCUT2D eigenvalue weighted by Gasteiger charge is 2.08. The topological polar surface area (TPSA) is 96.9 Å². The van der Waals surface area contributed by atoms with Crippen LogP contribution in [0.5, 0.6) is 0 Å². The molecule has 0 spiro atoms. The fourth-order valence-electron chi connectivity index (χ4n) is 1.65. The Kier molecular flexibility index (Phi) is 8.06. The first-order chi connectivity index (χ1) is 11.0. The van der Waals surface area contributed by atoms with Crippen molar-refractivity contribution in [3.8, 4) is 0 Å². The minimum Gasteiger partial charge on any atom is -0.466 e. The van der Waals surface area contributed by atoms with Gasteiger partial charge in [-0.15, -0.1) is 0 Å². The number of esters is 1. The lowest BCUT2D eigenvalue weighted by Crippen LogP contribution is -2.22. The quantitative estimate of drug-likeness (QED) is 0.434. The number of rotatable bonds is 8. The smallest absolute Gasteiger partial charge is 0.311 e. The fraction of sp³-hybridized carbons (Fsp3) is 0.375. The standard InChI is InChI=1S/C16H21N3O4/c1-3-23-16(22)11-12(2)18-19-15(21)10-9-14(20)17-13-7-5-4-6-8-13/h4-8H,3,9-11H2,1-2H3,(H,17,20)(H,19,21). The van der Waals surface area contributed by atoms with E-state index in [0.717, 1.165) is 0 Å². The summed E-state index contributed by atoms with van der Waals surface area (Å²) in [7, 11) is 0. The number of nitrogens with zero attached hydrogens (tertiary/aromatic N) is 1. The number of ether oxygens (including phenoxy) is 1. The van der Waals surface area contributed by atoms with Gasteiger partial charge in [-0.2, -0.15) is 5.10 Å². The highest BCUT2D eigenvalue weighted by atomic mass is 16.5. The molecule has 1 aromatic carbocycles. The van der Waals surface area contributed by atoms with Gasteiger partial charge in [-0.3, -0.25) is 14.4 Å². The molecule has 1 rings (SSSR count). The molecule has 0 aliphatic rings. The summed E-state index contributed by atoms with van der Waals surface area (Å²) in [6.07, 6.45) is 0.0740. The number of hydrogen-bond acceptors (Lipinski definition) is 5. The molecule has 7 nitrogen and oxygen atoms in total. The van der Waals surface area contributed by atoms with Crippen molar-refractivity contribution in [1.82, 2.24) is 5.43 Å². The molecule has 0 heterocycles. The van der Waals surface area contributed by atoms with Crippen molar-refractivity contribution in [2.45, 2.75) is 33.1 Å². The Balaban J connectivity index is 2.28. The lowest BCUT2D eigenvalue weighted by Gasteiger charge is -2.05. The predicted octanol–water partition coefficient (Wildman–Crippen LogP) is 1.85. The van der Waals surface area contributed by atoms with E-state index in [0.29, 0.717) is 18.0 Å². The van der Waals surface area contributed by atoms with E-state index in [4.69, 9.17) is 4.74 Å². The fourth-order valence-corrected chi connectivity index (χ4v) is 1.65. The minimum atomic E-state index is -0.398. The molecule has 2 amide bonds. The summed E-state index contributed by atoms with van der Waals surface area (Å²) in [4.78, 5) is 34.5. The van der Waals surface area contributed by atoms with Crippen molar-refractivity contribution in [2.75, 3.05) is 11.9 Å². The zero-order chi connectivity index (χ0) is 17.1. The number of para-hydroxylation sites is 1. The van der Waals surface area contributed by atoms with Gasteiger partial charge in [-0.05, 0) is 26.0 Å². The Hall–Kier alpha value is -2.70. The summed E-state index contributed by atoms with van der Waals surface area (Å²) >= 11 is 0. The zero-order valence-corrected chi connectivity index (χ0v) is 13.3. The van der Waals surface area contributed by atoms with Crippen LogP contribution < -0.4 is 10.7 Å². The van der Waals surface area contributed by atoms with Gasteiger partial charge in [0.1, 0.15) is 0 Å². The van der Waals surface area contributed by atoms with Crippen LogP contribution in [0.4, 0.5) is 5.69 Å². The van der Waals surface area contributed by atoms with Crippen LogP contribution in [-0.2, 0) is 19.1 Å². The lowest BCUT2D eigenvalue weighted by molar-refractivity contribution is -0.141. The highest BCUT2D eigenvalue weighted by molar-refractivity contribution is 5.98. The van der Waals surface area contributed by atoms with Crippen molar-refractivity contribution in [1.29, 1.82) is 0 Å². The Labute approximate surface area is 135 Å². The summed E-state index contributed by atoms with van der Waals surface area (Å²) in [6.45, 7) is 3.63. The molecular weight excluding hydrogens is 298 g/mol. The van der Waals surface area contributed by atoms with Crippen LogP contribution in [0.15, 0.2) is 35.4 Å². The van der Waals surface area contributed by atoms with Gasteiger partial charge in [-0.1, -0.05) is 18.2 Å². The van der Waals surface area contributed by atoms with E-state index in [1.54, 1.807) is 26.0 Å². The van der Waals surface area contributed by atoms with E-state index in [9.17, 15) is 14.4 Å². The molecule has 0 bridgehead atoms. The predicted molar refractivity (Wildman–Crippen MR) is 86.8 cm³/mol. The van der Waals surface area contributed by atoms with Crippen molar-refractivity contribution in [2.24, 2.45) is 5.10 Å². The summed E-state index contributed by atoms with van der Waals surface area (Å²) in [5.74, 6) is -1.04. The molecule has 7 heteroatoms. The number of benzene rings is 1. The van der Waals surface area contributed by atoms with Gasteiger partial charge in [-0.25, -0.2) is 5.43 Å². The van der Waals surface area contributed by atoms with Gasteiger partial charge in [0.15, 0.2) is 0 Å². The van der Waals surface area contributed by atoms with Gasteiger partial charge in [0.2, 0.25) is 11.8 Å². The Morgan fingerprint density at radius 2 is 1.74 bits per heavy atom. The number of amides is 2. The van der Waals surface area contributed by atoms with Crippen LogP contribution in [0.1, 0.15) is 33.1 Å². The third-order valence-electron chi connectivity index (χ3n) is 2.71. The number of anilines is 1. The summed E-state index contributed by atoms with van der Waals surface area (Å²) < 4.78 is 4.77. The van der Waals surface area contributed by atoms with Crippen LogP contribution in [0.3, 0.4) is 0 Å². The van der Waals surface area contributed by atoms with E-state index in [2.05, 4.69) is 15.8 Å². The normalized spacial score (nSPS) is 10.8. The van der Waals surface area contributed by atoms with E-state index in [1.807, 2.05) is 18.2 Å². The number of carbonyl (C=O) groups is 3. The van der Waals surface area contributed by atoms with Gasteiger partial charge in [0.25, 0.3) is 0 Å². The van der Waals surface area contributed by atoms with E-state index >= 15 is 0 Å². The van der Waals surface area contributed by atoms with Gasteiger partial charge >= 0.3 is 5.97 Å². The average Bonchev–Trinajstić information content (AvgIpc) is 2.52. The SMILES string of the molecule is CCOC(=O)CC(C)=NNC(=O)CCC(=O)Nc1ccccc1. The van der Waals surface area contributed by atoms with Crippen LogP contribution in [-0.4, -0.2) is 30.1 Å². The van der Waals surface area contributed by atoms with Gasteiger partial charge < -0.3 is 10.1 Å². The highest BCUT2D eigenvalue weighted by Crippen LogP contribution is 2.06. The largest absolute Gasteiger partial charge is 0.466 e. The van der Waals surface area contributed by atoms with Crippen molar-refractivity contribution >= 4 is 29.2 Å². The van der Waals surface area contributed by atoms with Crippen LogP contribution in [0, 0.1) is 0 Å². The van der Waals surface area contributed by atoms with E-state index in [1.165, 1.54) is 0 Å². The Morgan fingerprint density at radius 1 is 1.09 bits per heavy atom. The molecule has 0 saturated heterocycles. The first-order valence-corrected chi connectivity index (χ1v) is 7.33. The molecule has 0 radical (unpaired) electrons. The summed E-state index contributed by atoms with van der Waals surface area (Å²) in [5, 5.41) is 6.48. The molecule has 0 aliphatic heterocycles. The van der Waals surface area contributed by atoms with E-state index in [-0.39, 0.29) is 25.2 Å². The third kappa shape index (κ3) is 8.35. The third-order valence-corrected chi connectivity index (χ3v) is 2.71. The maximum Gasteiger partial charge on any atom is 0.311 e. The summed E-state index contributed by atoms with van der Waals surface area (Å²) in [6, 6.07) is 8.99. The maximum atomic E-state index is 11.7. The second-order valence-electron chi connectivity index (χ2n) is 4.78. The van der Waals surface area contributed by atoms with Gasteiger partial charge in [0.05, 0.1) is 13.0 Å². The summed E-state index contributed by atoms with van der Waals surface area (Å²) in [5.41, 5.74) is 3.43. The molecule has 0 fully saturated rings. The first-order valence-electron chi connectivity index (χ1n) is 7.33. The second-order valence-corrected chi connectivity index (χ2v) is 4.78. The molecule has 23 heavy (non-hydrogen) atoms. The molecule has 124 valence electrons. The average molecular weight is 319 g/mol. The first kappa shape index (κ1) is 18.3. The molecule has 2 N–H and O–H groups in total.